The topological polar surface area (TPSA) is 87.2 Å². The van der Waals surface area contributed by atoms with Crippen molar-refractivity contribution in [2.45, 2.75) is 38.1 Å². The Morgan fingerprint density at radius 3 is 2.65 bits per heavy atom. The fourth-order valence-corrected chi connectivity index (χ4v) is 4.18. The Morgan fingerprint density at radius 2 is 1.97 bits per heavy atom. The first-order chi connectivity index (χ1) is 15.0. The second-order valence-electron chi connectivity index (χ2n) is 7.53. The van der Waals surface area contributed by atoms with E-state index in [0.717, 1.165) is 50.3 Å². The third kappa shape index (κ3) is 6.58. The van der Waals surface area contributed by atoms with Crippen molar-refractivity contribution in [1.82, 2.24) is 15.5 Å². The van der Waals surface area contributed by atoms with Crippen molar-refractivity contribution in [1.29, 1.82) is 0 Å². The van der Waals surface area contributed by atoms with E-state index in [-0.39, 0.29) is 23.5 Å². The molecule has 2 amide bonds. The third-order valence-corrected chi connectivity index (χ3v) is 6.59. The van der Waals surface area contributed by atoms with Crippen LogP contribution < -0.4 is 15.5 Å². The Labute approximate surface area is 192 Å². The lowest BCUT2D eigenvalue weighted by Gasteiger charge is -2.31. The lowest BCUT2D eigenvalue weighted by Crippen LogP contribution is -2.41. The third-order valence-electron chi connectivity index (χ3n) is 5.26. The summed E-state index contributed by atoms with van der Waals surface area (Å²) in [5.41, 5.74) is 1.56. The van der Waals surface area contributed by atoms with Gasteiger partial charge in [0, 0.05) is 36.3 Å². The molecule has 3 rings (SSSR count). The Balaban J connectivity index is 1.46. The Hall–Kier alpha value is -2.32. The smallest absolute Gasteiger partial charge is 0.234 e. The van der Waals surface area contributed by atoms with E-state index in [1.807, 2.05) is 31.2 Å². The second-order valence-corrected chi connectivity index (χ2v) is 8.93. The maximum absolute atomic E-state index is 12.3. The van der Waals surface area contributed by atoms with E-state index in [1.165, 1.54) is 11.8 Å². The Bertz CT molecular complexity index is 901. The highest BCUT2D eigenvalue weighted by Crippen LogP contribution is 2.25. The molecule has 2 aromatic rings. The summed E-state index contributed by atoms with van der Waals surface area (Å²) in [6, 6.07) is 9.23. The van der Waals surface area contributed by atoms with E-state index in [2.05, 4.69) is 32.7 Å². The number of nitrogens with zero attached hydrogens (tertiary/aromatic N) is 3. The number of piperidine rings is 1. The molecule has 1 aromatic heterocycles. The van der Waals surface area contributed by atoms with Gasteiger partial charge in [-0.15, -0.1) is 10.2 Å². The van der Waals surface area contributed by atoms with Gasteiger partial charge in [-0.3, -0.25) is 9.59 Å². The van der Waals surface area contributed by atoms with Gasteiger partial charge in [0.2, 0.25) is 11.8 Å². The van der Waals surface area contributed by atoms with Crippen molar-refractivity contribution in [3.8, 4) is 0 Å². The number of carbonyl (C=O) groups is 2. The molecule has 1 saturated heterocycles. The molecule has 0 bridgehead atoms. The number of nitrogens with one attached hydrogen (secondary N) is 2. The second kappa shape index (κ2) is 11.3. The first-order valence-corrected chi connectivity index (χ1v) is 11.9. The van der Waals surface area contributed by atoms with Crippen molar-refractivity contribution in [2.24, 2.45) is 5.92 Å². The molecule has 0 saturated carbocycles. The molecule has 0 spiro atoms. The summed E-state index contributed by atoms with van der Waals surface area (Å²) in [7, 11) is 0. The predicted molar refractivity (Wildman–Crippen MR) is 126 cm³/mol. The van der Waals surface area contributed by atoms with E-state index in [4.69, 9.17) is 11.6 Å². The number of carbonyl (C=O) groups excluding carboxylic acids is 2. The molecular weight excluding hydrogens is 434 g/mol. The molecule has 1 fully saturated rings. The SMILES string of the molecule is CCCNC(=O)C1CCN(c2ccc(SCC(=O)Nc3cccc(Cl)c3C)nn2)CC1. The fourth-order valence-electron chi connectivity index (χ4n) is 3.39. The van der Waals surface area contributed by atoms with Gasteiger partial charge in [0.15, 0.2) is 5.82 Å². The van der Waals surface area contributed by atoms with Crippen molar-refractivity contribution in [3.05, 3.63) is 40.9 Å². The van der Waals surface area contributed by atoms with Crippen LogP contribution in [0.5, 0.6) is 0 Å². The van der Waals surface area contributed by atoms with Crippen LogP contribution in [0.1, 0.15) is 31.7 Å². The molecule has 31 heavy (non-hydrogen) atoms. The van der Waals surface area contributed by atoms with Crippen molar-refractivity contribution in [2.75, 3.05) is 35.6 Å². The van der Waals surface area contributed by atoms with Gasteiger partial charge in [-0.1, -0.05) is 36.4 Å². The minimum absolute atomic E-state index is 0.0761. The maximum Gasteiger partial charge on any atom is 0.234 e. The first-order valence-electron chi connectivity index (χ1n) is 10.5. The minimum Gasteiger partial charge on any atom is -0.356 e. The normalized spacial score (nSPS) is 14.4. The summed E-state index contributed by atoms with van der Waals surface area (Å²) in [4.78, 5) is 26.5. The zero-order valence-corrected chi connectivity index (χ0v) is 19.4. The zero-order valence-electron chi connectivity index (χ0n) is 17.9. The standard InChI is InChI=1S/C22H28ClN5O2S/c1-3-11-24-22(30)16-9-12-28(13-10-16)19-7-8-21(27-26-19)31-14-20(29)25-18-6-4-5-17(23)15(18)2/h4-8,16H,3,9-14H2,1-2H3,(H,24,30)(H,25,29). The molecule has 0 unspecified atom stereocenters. The highest BCUT2D eigenvalue weighted by molar-refractivity contribution is 7.99. The van der Waals surface area contributed by atoms with E-state index in [0.29, 0.717) is 15.7 Å². The fraction of sp³-hybridized carbons (Fsp3) is 0.455. The van der Waals surface area contributed by atoms with Gasteiger partial charge in [0.1, 0.15) is 5.03 Å². The average molecular weight is 462 g/mol. The quantitative estimate of drug-likeness (QED) is 0.579. The Morgan fingerprint density at radius 1 is 1.19 bits per heavy atom. The largest absolute Gasteiger partial charge is 0.356 e. The predicted octanol–water partition coefficient (Wildman–Crippen LogP) is 3.91. The number of rotatable bonds is 8. The maximum atomic E-state index is 12.3. The monoisotopic (exact) mass is 461 g/mol. The Kier molecular flexibility index (Phi) is 8.54. The molecule has 1 aliphatic heterocycles. The number of amides is 2. The van der Waals surface area contributed by atoms with E-state index in [9.17, 15) is 9.59 Å². The number of halogens is 1. The van der Waals surface area contributed by atoms with Crippen LogP contribution in [0, 0.1) is 12.8 Å². The van der Waals surface area contributed by atoms with Crippen LogP contribution in [0.3, 0.4) is 0 Å². The molecule has 1 aliphatic rings. The summed E-state index contributed by atoms with van der Waals surface area (Å²) in [5, 5.41) is 15.7. The summed E-state index contributed by atoms with van der Waals surface area (Å²) in [5.74, 6) is 1.15. The number of hydrogen-bond acceptors (Lipinski definition) is 6. The highest BCUT2D eigenvalue weighted by Gasteiger charge is 2.25. The lowest BCUT2D eigenvalue weighted by atomic mass is 9.96. The summed E-state index contributed by atoms with van der Waals surface area (Å²) >= 11 is 7.43. The molecule has 2 N–H and O–H groups in total. The number of benzene rings is 1. The van der Waals surface area contributed by atoms with Gasteiger partial charge in [-0.2, -0.15) is 0 Å². The molecule has 0 radical (unpaired) electrons. The molecule has 166 valence electrons. The van der Waals surface area contributed by atoms with E-state index in [1.54, 1.807) is 6.07 Å². The van der Waals surface area contributed by atoms with Crippen molar-refractivity contribution >= 4 is 46.7 Å². The van der Waals surface area contributed by atoms with Gasteiger partial charge in [-0.05, 0) is 56.0 Å². The van der Waals surface area contributed by atoms with E-state index >= 15 is 0 Å². The van der Waals surface area contributed by atoms with Crippen LogP contribution in [-0.2, 0) is 9.59 Å². The van der Waals surface area contributed by atoms with Gasteiger partial charge in [0.05, 0.1) is 5.75 Å². The molecule has 7 nitrogen and oxygen atoms in total. The van der Waals surface area contributed by atoms with Crippen LogP contribution in [-0.4, -0.2) is 47.4 Å². The van der Waals surface area contributed by atoms with Crippen molar-refractivity contribution in [3.63, 3.8) is 0 Å². The van der Waals surface area contributed by atoms with Crippen LogP contribution in [0.15, 0.2) is 35.4 Å². The van der Waals surface area contributed by atoms with Crippen molar-refractivity contribution < 1.29 is 9.59 Å². The molecule has 9 heteroatoms. The van der Waals surface area contributed by atoms with Gasteiger partial charge < -0.3 is 15.5 Å². The average Bonchev–Trinajstić information content (AvgIpc) is 2.79. The molecule has 2 heterocycles. The number of anilines is 2. The first kappa shape index (κ1) is 23.3. The van der Waals surface area contributed by atoms with Crippen LogP contribution in [0.25, 0.3) is 0 Å². The highest BCUT2D eigenvalue weighted by atomic mass is 35.5. The lowest BCUT2D eigenvalue weighted by molar-refractivity contribution is -0.125. The molecule has 0 aliphatic carbocycles. The van der Waals surface area contributed by atoms with Gasteiger partial charge in [0.25, 0.3) is 0 Å². The summed E-state index contributed by atoms with van der Waals surface area (Å²) in [6.07, 6.45) is 2.58. The zero-order chi connectivity index (χ0) is 22.2. The number of aromatic nitrogens is 2. The van der Waals surface area contributed by atoms with E-state index < -0.39 is 0 Å². The van der Waals surface area contributed by atoms with Crippen LogP contribution in [0.4, 0.5) is 11.5 Å². The number of thioether (sulfide) groups is 1. The summed E-state index contributed by atoms with van der Waals surface area (Å²) in [6.45, 7) is 6.23. The summed E-state index contributed by atoms with van der Waals surface area (Å²) < 4.78 is 0. The van der Waals surface area contributed by atoms with Crippen LogP contribution in [0.2, 0.25) is 5.02 Å². The van der Waals surface area contributed by atoms with Crippen LogP contribution >= 0.6 is 23.4 Å². The van der Waals surface area contributed by atoms with Gasteiger partial charge >= 0.3 is 0 Å². The molecule has 1 aromatic carbocycles. The minimum atomic E-state index is -0.121. The molecule has 0 atom stereocenters. The molecular formula is C22H28ClN5O2S. The van der Waals surface area contributed by atoms with Gasteiger partial charge in [-0.25, -0.2) is 0 Å². The number of hydrogen-bond donors (Lipinski definition) is 2.